The predicted molar refractivity (Wildman–Crippen MR) is 102 cm³/mol. The van der Waals surface area contributed by atoms with Gasteiger partial charge in [-0.05, 0) is 49.2 Å². The molecule has 4 nitrogen and oxygen atoms in total. The van der Waals surface area contributed by atoms with Crippen LogP contribution in [-0.4, -0.2) is 43.6 Å². The van der Waals surface area contributed by atoms with Crippen LogP contribution in [0.25, 0.3) is 0 Å². The Labute approximate surface area is 158 Å². The van der Waals surface area contributed by atoms with Crippen molar-refractivity contribution < 1.29 is 13.9 Å². The maximum Gasteiger partial charge on any atom is 0.260 e. The van der Waals surface area contributed by atoms with E-state index in [-0.39, 0.29) is 17.5 Å². The molecule has 0 radical (unpaired) electrons. The van der Waals surface area contributed by atoms with Gasteiger partial charge in [-0.25, -0.2) is 4.39 Å². The predicted octanol–water partition coefficient (Wildman–Crippen LogP) is 3.82. The second-order valence-electron chi connectivity index (χ2n) is 6.45. The largest absolute Gasteiger partial charge is 0.482 e. The van der Waals surface area contributed by atoms with E-state index < -0.39 is 5.82 Å². The molecule has 0 spiro atoms. The number of aryl methyl sites for hydroxylation is 1. The molecule has 1 saturated heterocycles. The van der Waals surface area contributed by atoms with Crippen LogP contribution in [0.5, 0.6) is 5.75 Å². The fourth-order valence-electron chi connectivity index (χ4n) is 3.10. The van der Waals surface area contributed by atoms with Gasteiger partial charge in [-0.3, -0.25) is 4.79 Å². The molecule has 0 atom stereocenters. The van der Waals surface area contributed by atoms with E-state index in [0.29, 0.717) is 18.8 Å². The third-order valence-electron chi connectivity index (χ3n) is 4.79. The molecule has 2 aromatic carbocycles. The molecule has 1 fully saturated rings. The molecule has 138 valence electrons. The second kappa shape index (κ2) is 7.96. The van der Waals surface area contributed by atoms with E-state index in [9.17, 15) is 9.18 Å². The summed E-state index contributed by atoms with van der Waals surface area (Å²) in [5.41, 5.74) is 3.78. The van der Waals surface area contributed by atoms with E-state index in [0.717, 1.165) is 13.1 Å². The fourth-order valence-corrected chi connectivity index (χ4v) is 3.32. The van der Waals surface area contributed by atoms with Crippen molar-refractivity contribution >= 4 is 23.2 Å². The normalized spacial score (nSPS) is 14.5. The van der Waals surface area contributed by atoms with Crippen molar-refractivity contribution in [1.29, 1.82) is 0 Å². The summed E-state index contributed by atoms with van der Waals surface area (Å²) < 4.78 is 18.5. The first-order valence-corrected chi connectivity index (χ1v) is 9.00. The molecule has 3 rings (SSSR count). The van der Waals surface area contributed by atoms with Crippen molar-refractivity contribution in [3.63, 3.8) is 0 Å². The number of nitrogens with zero attached hydrogens (tertiary/aromatic N) is 2. The number of ether oxygens (including phenoxy) is 1. The van der Waals surface area contributed by atoms with E-state index in [1.54, 1.807) is 4.90 Å². The number of carbonyl (C=O) groups excluding carboxylic acids is 1. The van der Waals surface area contributed by atoms with Gasteiger partial charge in [0.2, 0.25) is 0 Å². The summed E-state index contributed by atoms with van der Waals surface area (Å²) in [7, 11) is 0. The van der Waals surface area contributed by atoms with Crippen LogP contribution < -0.4 is 9.64 Å². The molecule has 6 heteroatoms. The van der Waals surface area contributed by atoms with Gasteiger partial charge < -0.3 is 14.5 Å². The van der Waals surface area contributed by atoms with E-state index in [1.807, 2.05) is 0 Å². The van der Waals surface area contributed by atoms with Gasteiger partial charge in [-0.1, -0.05) is 23.7 Å². The van der Waals surface area contributed by atoms with Crippen molar-refractivity contribution in [2.75, 3.05) is 37.7 Å². The highest BCUT2D eigenvalue weighted by Gasteiger charge is 2.22. The van der Waals surface area contributed by atoms with Crippen molar-refractivity contribution in [2.45, 2.75) is 13.8 Å². The molecule has 26 heavy (non-hydrogen) atoms. The maximum atomic E-state index is 13.0. The Bertz CT molecular complexity index is 804. The zero-order valence-corrected chi connectivity index (χ0v) is 15.7. The third-order valence-corrected chi connectivity index (χ3v) is 5.09. The number of amides is 1. The molecule has 1 heterocycles. The quantitative estimate of drug-likeness (QED) is 0.813. The zero-order valence-electron chi connectivity index (χ0n) is 15.0. The number of carbonyl (C=O) groups is 1. The van der Waals surface area contributed by atoms with Crippen molar-refractivity contribution in [1.82, 2.24) is 4.90 Å². The molecule has 1 aliphatic rings. The summed E-state index contributed by atoms with van der Waals surface area (Å²) in [6, 6.07) is 10.2. The first-order chi connectivity index (χ1) is 12.5. The minimum atomic E-state index is -0.434. The fraction of sp³-hybridized carbons (Fsp3) is 0.350. The molecule has 0 unspecified atom stereocenters. The van der Waals surface area contributed by atoms with Crippen LogP contribution in [0.2, 0.25) is 5.02 Å². The van der Waals surface area contributed by atoms with Gasteiger partial charge in [0.1, 0.15) is 11.6 Å². The molecule has 2 aromatic rings. The van der Waals surface area contributed by atoms with Crippen molar-refractivity contribution in [3.05, 3.63) is 58.4 Å². The highest BCUT2D eigenvalue weighted by atomic mass is 35.5. The molecule has 0 aromatic heterocycles. The van der Waals surface area contributed by atoms with Crippen molar-refractivity contribution in [2.24, 2.45) is 0 Å². The molecule has 1 amide bonds. The van der Waals surface area contributed by atoms with Crippen LogP contribution in [0.4, 0.5) is 10.1 Å². The van der Waals surface area contributed by atoms with Crippen LogP contribution >= 0.6 is 11.6 Å². The Balaban J connectivity index is 1.54. The lowest BCUT2D eigenvalue weighted by Gasteiger charge is -2.37. The number of benzene rings is 2. The minimum Gasteiger partial charge on any atom is -0.482 e. The van der Waals surface area contributed by atoms with Crippen molar-refractivity contribution in [3.8, 4) is 5.75 Å². The minimum absolute atomic E-state index is 0.0917. The number of rotatable bonds is 4. The molecule has 0 N–H and O–H groups in total. The van der Waals surface area contributed by atoms with Gasteiger partial charge in [0.05, 0.1) is 5.02 Å². The summed E-state index contributed by atoms with van der Waals surface area (Å²) in [6.07, 6.45) is 0. The summed E-state index contributed by atoms with van der Waals surface area (Å²) in [5.74, 6) is -0.210. The molecular formula is C20H22ClFN2O2. The van der Waals surface area contributed by atoms with Gasteiger partial charge in [0.15, 0.2) is 6.61 Å². The molecule has 0 aliphatic carbocycles. The van der Waals surface area contributed by atoms with E-state index in [4.69, 9.17) is 16.3 Å². The summed E-state index contributed by atoms with van der Waals surface area (Å²) in [6.45, 7) is 6.99. The topological polar surface area (TPSA) is 32.8 Å². The van der Waals surface area contributed by atoms with Crippen LogP contribution in [-0.2, 0) is 4.79 Å². The lowest BCUT2D eigenvalue weighted by atomic mass is 10.1. The zero-order chi connectivity index (χ0) is 18.7. The van der Waals surface area contributed by atoms with Gasteiger partial charge in [0.25, 0.3) is 5.91 Å². The maximum absolute atomic E-state index is 13.0. The lowest BCUT2D eigenvalue weighted by Crippen LogP contribution is -2.50. The van der Waals surface area contributed by atoms with Gasteiger partial charge in [0, 0.05) is 31.9 Å². The van der Waals surface area contributed by atoms with Gasteiger partial charge in [-0.2, -0.15) is 0 Å². The van der Waals surface area contributed by atoms with Crippen LogP contribution in [0.3, 0.4) is 0 Å². The highest BCUT2D eigenvalue weighted by Crippen LogP contribution is 2.26. The Hall–Kier alpha value is -2.27. The monoisotopic (exact) mass is 376 g/mol. The highest BCUT2D eigenvalue weighted by molar-refractivity contribution is 6.32. The van der Waals surface area contributed by atoms with Crippen LogP contribution in [0, 0.1) is 19.7 Å². The van der Waals surface area contributed by atoms with E-state index >= 15 is 0 Å². The lowest BCUT2D eigenvalue weighted by molar-refractivity contribution is -0.133. The Morgan fingerprint density at radius 2 is 1.88 bits per heavy atom. The van der Waals surface area contributed by atoms with Crippen LogP contribution in [0.15, 0.2) is 36.4 Å². The van der Waals surface area contributed by atoms with E-state index in [2.05, 4.69) is 36.9 Å². The summed E-state index contributed by atoms with van der Waals surface area (Å²) in [4.78, 5) is 16.5. The summed E-state index contributed by atoms with van der Waals surface area (Å²) in [5, 5.41) is 0.164. The number of piperazine rings is 1. The average Bonchev–Trinajstić information content (AvgIpc) is 2.63. The first kappa shape index (κ1) is 18.5. The third kappa shape index (κ3) is 4.10. The van der Waals surface area contributed by atoms with Gasteiger partial charge in [-0.15, -0.1) is 0 Å². The smallest absolute Gasteiger partial charge is 0.260 e. The molecule has 1 aliphatic heterocycles. The van der Waals surface area contributed by atoms with Crippen LogP contribution in [0.1, 0.15) is 11.1 Å². The second-order valence-corrected chi connectivity index (χ2v) is 6.86. The Kier molecular flexibility index (Phi) is 5.67. The molecular weight excluding hydrogens is 355 g/mol. The SMILES string of the molecule is Cc1cccc(N2CCN(C(=O)COc3ccc(F)cc3Cl)CC2)c1C. The number of hydrogen-bond donors (Lipinski definition) is 0. The molecule has 0 bridgehead atoms. The Morgan fingerprint density at radius 1 is 1.15 bits per heavy atom. The Morgan fingerprint density at radius 3 is 2.58 bits per heavy atom. The first-order valence-electron chi connectivity index (χ1n) is 8.62. The number of halogens is 2. The number of hydrogen-bond acceptors (Lipinski definition) is 3. The summed E-state index contributed by atoms with van der Waals surface area (Å²) >= 11 is 5.92. The number of anilines is 1. The standard InChI is InChI=1S/C20H22ClFN2O2/c1-14-4-3-5-18(15(14)2)23-8-10-24(11-9-23)20(25)13-26-19-7-6-16(22)12-17(19)21/h3-7,12H,8-11,13H2,1-2H3. The van der Waals surface area contributed by atoms with E-state index in [1.165, 1.54) is 35.0 Å². The average molecular weight is 377 g/mol. The molecule has 0 saturated carbocycles. The van der Waals surface area contributed by atoms with Gasteiger partial charge >= 0.3 is 0 Å².